The minimum atomic E-state index is -4.07. The molecule has 5 heteroatoms. The molecule has 2 nitrogen and oxygen atoms in total. The van der Waals surface area contributed by atoms with Crippen LogP contribution in [0.25, 0.3) is 0 Å². The van der Waals surface area contributed by atoms with Gasteiger partial charge in [0, 0.05) is 19.1 Å². The van der Waals surface area contributed by atoms with E-state index in [9.17, 15) is 13.2 Å². The Hall–Kier alpha value is -0.290. The summed E-state index contributed by atoms with van der Waals surface area (Å²) in [7, 11) is 0. The highest BCUT2D eigenvalue weighted by atomic mass is 19.4. The molecule has 2 N–H and O–H groups in total. The van der Waals surface area contributed by atoms with Crippen molar-refractivity contribution in [2.24, 2.45) is 5.73 Å². The van der Waals surface area contributed by atoms with Gasteiger partial charge in [-0.05, 0) is 19.3 Å². The zero-order valence-corrected chi connectivity index (χ0v) is 7.27. The van der Waals surface area contributed by atoms with Crippen LogP contribution >= 0.6 is 0 Å². The lowest BCUT2D eigenvalue weighted by atomic mass is 10.2. The van der Waals surface area contributed by atoms with E-state index in [0.717, 1.165) is 0 Å². The fourth-order valence-corrected chi connectivity index (χ4v) is 2.07. The first-order valence-corrected chi connectivity index (χ1v) is 4.53. The second-order valence-corrected chi connectivity index (χ2v) is 4.02. The highest BCUT2D eigenvalue weighted by Gasteiger charge is 2.67. The molecule has 13 heavy (non-hydrogen) atoms. The molecule has 1 saturated carbocycles. The minimum Gasteiger partial charge on any atom is -0.326 e. The number of alkyl halides is 3. The van der Waals surface area contributed by atoms with Gasteiger partial charge in [0.15, 0.2) is 0 Å². The van der Waals surface area contributed by atoms with Crippen LogP contribution in [0.1, 0.15) is 19.3 Å². The largest absolute Gasteiger partial charge is 0.406 e. The fourth-order valence-electron chi connectivity index (χ4n) is 2.07. The third-order valence-electron chi connectivity index (χ3n) is 3.08. The maximum atomic E-state index is 12.6. The number of hydrogen-bond donors (Lipinski definition) is 1. The molecular formula is C8H13F3N2. The molecule has 2 rings (SSSR count). The van der Waals surface area contributed by atoms with Crippen LogP contribution in [-0.2, 0) is 0 Å². The SMILES string of the molecule is NC1CCN(C2(C(F)(F)F)CC2)C1. The number of rotatable bonds is 1. The Morgan fingerprint density at radius 3 is 2.23 bits per heavy atom. The zero-order chi connectivity index (χ0) is 9.69. The van der Waals surface area contributed by atoms with Gasteiger partial charge in [0.25, 0.3) is 0 Å². The van der Waals surface area contributed by atoms with Gasteiger partial charge in [0.1, 0.15) is 5.54 Å². The lowest BCUT2D eigenvalue weighted by Gasteiger charge is -2.29. The molecule has 1 heterocycles. The molecule has 1 unspecified atom stereocenters. The summed E-state index contributed by atoms with van der Waals surface area (Å²) in [4.78, 5) is 1.51. The monoisotopic (exact) mass is 194 g/mol. The lowest BCUT2D eigenvalue weighted by Crippen LogP contribution is -2.47. The van der Waals surface area contributed by atoms with Crippen molar-refractivity contribution in [2.45, 2.75) is 37.0 Å². The molecule has 0 aromatic rings. The smallest absolute Gasteiger partial charge is 0.326 e. The Bertz CT molecular complexity index is 210. The second-order valence-electron chi connectivity index (χ2n) is 4.02. The van der Waals surface area contributed by atoms with Crippen LogP contribution in [0.15, 0.2) is 0 Å². The van der Waals surface area contributed by atoms with Crippen LogP contribution in [-0.4, -0.2) is 35.7 Å². The molecule has 2 fully saturated rings. The van der Waals surface area contributed by atoms with Crippen molar-refractivity contribution in [1.82, 2.24) is 4.90 Å². The first-order valence-electron chi connectivity index (χ1n) is 4.53. The molecule has 2 aliphatic rings. The summed E-state index contributed by atoms with van der Waals surface area (Å²) < 4.78 is 37.8. The second kappa shape index (κ2) is 2.60. The fraction of sp³-hybridized carbons (Fsp3) is 1.00. The first kappa shape index (κ1) is 9.27. The summed E-state index contributed by atoms with van der Waals surface area (Å²) in [5.74, 6) is 0. The number of halogens is 3. The Balaban J connectivity index is 2.08. The molecule has 0 aromatic heterocycles. The van der Waals surface area contributed by atoms with Gasteiger partial charge in [0.2, 0.25) is 0 Å². The molecule has 0 bridgehead atoms. The van der Waals surface area contributed by atoms with Gasteiger partial charge < -0.3 is 5.73 Å². The van der Waals surface area contributed by atoms with Crippen LogP contribution in [0.4, 0.5) is 13.2 Å². The Labute approximate surface area is 74.9 Å². The summed E-state index contributed by atoms with van der Waals surface area (Å²) in [5.41, 5.74) is 4.08. The van der Waals surface area contributed by atoms with Crippen molar-refractivity contribution >= 4 is 0 Å². The van der Waals surface area contributed by atoms with Crippen LogP contribution in [0.5, 0.6) is 0 Å². The Kier molecular flexibility index (Phi) is 1.86. The number of hydrogen-bond acceptors (Lipinski definition) is 2. The van der Waals surface area contributed by atoms with E-state index in [1.165, 1.54) is 4.90 Å². The number of nitrogens with two attached hydrogens (primary N) is 1. The van der Waals surface area contributed by atoms with E-state index < -0.39 is 11.7 Å². The molecule has 0 spiro atoms. The molecule has 0 aromatic carbocycles. The van der Waals surface area contributed by atoms with Crippen molar-refractivity contribution < 1.29 is 13.2 Å². The highest BCUT2D eigenvalue weighted by Crippen LogP contribution is 2.54. The van der Waals surface area contributed by atoms with Gasteiger partial charge >= 0.3 is 6.18 Å². The maximum absolute atomic E-state index is 12.6. The maximum Gasteiger partial charge on any atom is 0.406 e. The van der Waals surface area contributed by atoms with E-state index in [-0.39, 0.29) is 18.9 Å². The van der Waals surface area contributed by atoms with Crippen LogP contribution < -0.4 is 5.73 Å². The van der Waals surface area contributed by atoms with E-state index in [2.05, 4.69) is 0 Å². The first-order chi connectivity index (χ1) is 5.96. The van der Waals surface area contributed by atoms with Gasteiger partial charge in [-0.25, -0.2) is 0 Å². The average molecular weight is 194 g/mol. The Morgan fingerprint density at radius 2 is 1.92 bits per heavy atom. The van der Waals surface area contributed by atoms with E-state index in [4.69, 9.17) is 5.73 Å². The predicted molar refractivity (Wildman–Crippen MR) is 42.2 cm³/mol. The average Bonchev–Trinajstić information content (AvgIpc) is 2.70. The molecule has 0 radical (unpaired) electrons. The summed E-state index contributed by atoms with van der Waals surface area (Å²) in [5, 5.41) is 0. The summed E-state index contributed by atoms with van der Waals surface area (Å²) >= 11 is 0. The Morgan fingerprint density at radius 1 is 1.31 bits per heavy atom. The van der Waals surface area contributed by atoms with Gasteiger partial charge in [-0.15, -0.1) is 0 Å². The highest BCUT2D eigenvalue weighted by molar-refractivity contribution is 5.11. The quantitative estimate of drug-likeness (QED) is 0.677. The van der Waals surface area contributed by atoms with Crippen molar-refractivity contribution in [2.75, 3.05) is 13.1 Å². The third kappa shape index (κ3) is 1.34. The number of nitrogens with zero attached hydrogens (tertiary/aromatic N) is 1. The minimum absolute atomic E-state index is 0.0696. The van der Waals surface area contributed by atoms with E-state index in [0.29, 0.717) is 19.5 Å². The summed E-state index contributed by atoms with van der Waals surface area (Å²) in [6.07, 6.45) is -2.87. The molecule has 0 amide bonds. The predicted octanol–water partition coefficient (Wildman–Crippen LogP) is 1.11. The molecule has 1 aliphatic heterocycles. The molecule has 1 aliphatic carbocycles. The standard InChI is InChI=1S/C8H13F3N2/c9-8(10,11)7(2-3-7)13-4-1-6(12)5-13/h6H,1-5,12H2. The summed E-state index contributed by atoms with van der Waals surface area (Å²) in [6, 6.07) is -0.0696. The molecular weight excluding hydrogens is 181 g/mol. The third-order valence-corrected chi connectivity index (χ3v) is 3.08. The normalized spacial score (nSPS) is 33.7. The van der Waals surface area contributed by atoms with Crippen molar-refractivity contribution in [3.05, 3.63) is 0 Å². The van der Waals surface area contributed by atoms with E-state index in [1.54, 1.807) is 0 Å². The van der Waals surface area contributed by atoms with Crippen LogP contribution in [0.3, 0.4) is 0 Å². The van der Waals surface area contributed by atoms with E-state index in [1.807, 2.05) is 0 Å². The molecule has 76 valence electrons. The van der Waals surface area contributed by atoms with Crippen LogP contribution in [0.2, 0.25) is 0 Å². The molecule has 1 saturated heterocycles. The topological polar surface area (TPSA) is 29.3 Å². The van der Waals surface area contributed by atoms with Gasteiger partial charge in [-0.1, -0.05) is 0 Å². The van der Waals surface area contributed by atoms with Gasteiger partial charge in [0.05, 0.1) is 0 Å². The lowest BCUT2D eigenvalue weighted by molar-refractivity contribution is -0.193. The molecule has 1 atom stereocenters. The van der Waals surface area contributed by atoms with Gasteiger partial charge in [-0.3, -0.25) is 4.90 Å². The van der Waals surface area contributed by atoms with Crippen LogP contribution in [0, 0.1) is 0 Å². The number of likely N-dealkylation sites (tertiary alicyclic amines) is 1. The van der Waals surface area contributed by atoms with Gasteiger partial charge in [-0.2, -0.15) is 13.2 Å². The summed E-state index contributed by atoms with van der Waals surface area (Å²) in [6.45, 7) is 0.903. The van der Waals surface area contributed by atoms with Crippen molar-refractivity contribution in [1.29, 1.82) is 0 Å². The zero-order valence-electron chi connectivity index (χ0n) is 7.27. The van der Waals surface area contributed by atoms with E-state index >= 15 is 0 Å². The van der Waals surface area contributed by atoms with Crippen molar-refractivity contribution in [3.63, 3.8) is 0 Å². The van der Waals surface area contributed by atoms with Crippen molar-refractivity contribution in [3.8, 4) is 0 Å².